The van der Waals surface area contributed by atoms with Gasteiger partial charge in [-0.3, -0.25) is 0 Å². The molecule has 0 bridgehead atoms. The molecule has 25 heavy (non-hydrogen) atoms. The monoisotopic (exact) mass is 351 g/mol. The molecule has 0 fully saturated rings. The van der Waals surface area contributed by atoms with Crippen molar-refractivity contribution in [3.05, 3.63) is 65.2 Å². The molecule has 0 saturated heterocycles. The van der Waals surface area contributed by atoms with Gasteiger partial charge in [0.2, 0.25) is 0 Å². The highest BCUT2D eigenvalue weighted by atomic mass is 19.4. The fraction of sp³-hybridized carbons (Fsp3) is 0.400. The van der Waals surface area contributed by atoms with Gasteiger partial charge in [0, 0.05) is 5.56 Å². The van der Waals surface area contributed by atoms with Crippen LogP contribution in [-0.2, 0) is 12.6 Å². The average molecular weight is 351 g/mol. The van der Waals surface area contributed by atoms with Crippen molar-refractivity contribution in [1.82, 2.24) is 4.90 Å². The molecule has 0 saturated carbocycles. The molecule has 5 heteroatoms. The Bertz CT molecular complexity index is 668. The second kappa shape index (κ2) is 8.39. The Labute approximate surface area is 147 Å². The van der Waals surface area contributed by atoms with Crippen LogP contribution in [-0.4, -0.2) is 32.6 Å². The maximum atomic E-state index is 13.6. The molecule has 2 nitrogen and oxygen atoms in total. The fourth-order valence-corrected chi connectivity index (χ4v) is 3.05. The Kier molecular flexibility index (Phi) is 6.48. The predicted octanol–water partition coefficient (Wildman–Crippen LogP) is 4.99. The van der Waals surface area contributed by atoms with Gasteiger partial charge in [0.15, 0.2) is 0 Å². The summed E-state index contributed by atoms with van der Waals surface area (Å²) in [5.41, 5.74) is 0.667. The molecular weight excluding hydrogens is 327 g/mol. The topological polar surface area (TPSA) is 12.5 Å². The zero-order chi connectivity index (χ0) is 18.4. The Morgan fingerprint density at radius 2 is 1.68 bits per heavy atom. The molecule has 2 aromatic rings. The van der Waals surface area contributed by atoms with Crippen LogP contribution < -0.4 is 4.74 Å². The third-order valence-corrected chi connectivity index (χ3v) is 4.25. The summed E-state index contributed by atoms with van der Waals surface area (Å²) in [6.45, 7) is 0.701. The molecule has 0 heterocycles. The molecule has 136 valence electrons. The molecule has 0 aliphatic rings. The van der Waals surface area contributed by atoms with Crippen molar-refractivity contribution < 1.29 is 17.9 Å². The molecule has 0 spiro atoms. The Hall–Kier alpha value is -2.01. The lowest BCUT2D eigenvalue weighted by Gasteiger charge is -2.25. The largest absolute Gasteiger partial charge is 0.496 e. The summed E-state index contributed by atoms with van der Waals surface area (Å²) >= 11 is 0. The lowest BCUT2D eigenvalue weighted by atomic mass is 9.85. The molecule has 2 aromatic carbocycles. The maximum absolute atomic E-state index is 13.6. The lowest BCUT2D eigenvalue weighted by Crippen LogP contribution is -2.20. The number of alkyl halides is 3. The Balaban J connectivity index is 2.48. The van der Waals surface area contributed by atoms with Crippen molar-refractivity contribution in [3.8, 4) is 5.75 Å². The van der Waals surface area contributed by atoms with E-state index in [2.05, 4.69) is 0 Å². The minimum atomic E-state index is -4.41. The number of rotatable bonds is 7. The smallest absolute Gasteiger partial charge is 0.416 e. The maximum Gasteiger partial charge on any atom is 0.416 e. The highest BCUT2D eigenvalue weighted by molar-refractivity contribution is 5.45. The zero-order valence-corrected chi connectivity index (χ0v) is 14.8. The molecule has 0 amide bonds. The molecule has 0 aliphatic carbocycles. The summed E-state index contributed by atoms with van der Waals surface area (Å²) in [6.07, 6.45) is -3.25. The van der Waals surface area contributed by atoms with Crippen LogP contribution in [0.1, 0.15) is 29.0 Å². The number of benzene rings is 2. The molecule has 0 aliphatic heterocycles. The van der Waals surface area contributed by atoms with Gasteiger partial charge in [-0.25, -0.2) is 0 Å². The van der Waals surface area contributed by atoms with Crippen LogP contribution in [0.4, 0.5) is 13.2 Å². The standard InChI is InChI=1S/C20H24F3NO/c1-24(2)13-12-16(14-15-8-5-4-6-9-15)19-17(20(21,22)23)10-7-11-18(19)25-3/h4-11,16H,12-14H2,1-3H3. The van der Waals surface area contributed by atoms with E-state index in [1.165, 1.54) is 13.2 Å². The van der Waals surface area contributed by atoms with Gasteiger partial charge < -0.3 is 9.64 Å². The highest BCUT2D eigenvalue weighted by Gasteiger charge is 2.36. The average Bonchev–Trinajstić information content (AvgIpc) is 2.58. The zero-order valence-electron chi connectivity index (χ0n) is 14.8. The first kappa shape index (κ1) is 19.3. The normalized spacial score (nSPS) is 13.1. The number of ether oxygens (including phenoxy) is 1. The van der Waals surface area contributed by atoms with Crippen LogP contribution in [0, 0.1) is 0 Å². The van der Waals surface area contributed by atoms with Crippen LogP contribution in [0.25, 0.3) is 0 Å². The first-order chi connectivity index (χ1) is 11.8. The second-order valence-electron chi connectivity index (χ2n) is 6.40. The first-order valence-corrected chi connectivity index (χ1v) is 8.25. The van der Waals surface area contributed by atoms with Gasteiger partial charge in [0.25, 0.3) is 0 Å². The van der Waals surface area contributed by atoms with Gasteiger partial charge >= 0.3 is 6.18 Å². The van der Waals surface area contributed by atoms with Crippen molar-refractivity contribution in [1.29, 1.82) is 0 Å². The molecule has 0 aromatic heterocycles. The van der Waals surface area contributed by atoms with Crippen molar-refractivity contribution in [2.45, 2.75) is 24.9 Å². The van der Waals surface area contributed by atoms with Crippen molar-refractivity contribution in [2.75, 3.05) is 27.7 Å². The van der Waals surface area contributed by atoms with E-state index in [1.807, 2.05) is 49.3 Å². The van der Waals surface area contributed by atoms with E-state index in [-0.39, 0.29) is 11.5 Å². The second-order valence-corrected chi connectivity index (χ2v) is 6.40. The number of nitrogens with zero attached hydrogens (tertiary/aromatic N) is 1. The number of methoxy groups -OCH3 is 1. The third-order valence-electron chi connectivity index (χ3n) is 4.25. The summed E-state index contributed by atoms with van der Waals surface area (Å²) < 4.78 is 46.1. The molecular formula is C20H24F3NO. The Morgan fingerprint density at radius 3 is 2.24 bits per heavy atom. The van der Waals surface area contributed by atoms with Crippen molar-refractivity contribution >= 4 is 0 Å². The molecule has 0 radical (unpaired) electrons. The first-order valence-electron chi connectivity index (χ1n) is 8.25. The molecule has 1 unspecified atom stereocenters. The minimum absolute atomic E-state index is 0.253. The van der Waals surface area contributed by atoms with E-state index < -0.39 is 11.7 Å². The van der Waals surface area contributed by atoms with E-state index >= 15 is 0 Å². The number of hydrogen-bond acceptors (Lipinski definition) is 2. The highest BCUT2D eigenvalue weighted by Crippen LogP contribution is 2.42. The molecule has 2 rings (SSSR count). The number of hydrogen-bond donors (Lipinski definition) is 0. The SMILES string of the molecule is COc1cccc(C(F)(F)F)c1C(CCN(C)C)Cc1ccccc1. The quantitative estimate of drug-likeness (QED) is 0.697. The van der Waals surface area contributed by atoms with Crippen LogP contribution in [0.2, 0.25) is 0 Å². The van der Waals surface area contributed by atoms with Gasteiger partial charge in [-0.1, -0.05) is 36.4 Å². The van der Waals surface area contributed by atoms with Gasteiger partial charge in [-0.15, -0.1) is 0 Å². The molecule has 0 N–H and O–H groups in total. The van der Waals surface area contributed by atoms with Crippen LogP contribution in [0.3, 0.4) is 0 Å². The summed E-state index contributed by atoms with van der Waals surface area (Å²) in [4.78, 5) is 1.99. The number of halogens is 3. The van der Waals surface area contributed by atoms with Gasteiger partial charge in [-0.2, -0.15) is 13.2 Å². The van der Waals surface area contributed by atoms with Gasteiger partial charge in [-0.05, 0) is 57.1 Å². The van der Waals surface area contributed by atoms with Crippen molar-refractivity contribution in [3.63, 3.8) is 0 Å². The molecule has 1 atom stereocenters. The van der Waals surface area contributed by atoms with Gasteiger partial charge in [0.1, 0.15) is 5.75 Å². The summed E-state index contributed by atoms with van der Waals surface area (Å²) in [7, 11) is 5.27. The van der Waals surface area contributed by atoms with Crippen molar-refractivity contribution in [2.24, 2.45) is 0 Å². The third kappa shape index (κ3) is 5.23. The fourth-order valence-electron chi connectivity index (χ4n) is 3.05. The van der Waals surface area contributed by atoms with Crippen LogP contribution in [0.5, 0.6) is 5.75 Å². The van der Waals surface area contributed by atoms with E-state index in [0.717, 1.165) is 11.6 Å². The van der Waals surface area contributed by atoms with Gasteiger partial charge in [0.05, 0.1) is 12.7 Å². The lowest BCUT2D eigenvalue weighted by molar-refractivity contribution is -0.138. The van der Waals surface area contributed by atoms with E-state index in [4.69, 9.17) is 4.74 Å². The van der Waals surface area contributed by atoms with E-state index in [9.17, 15) is 13.2 Å². The van der Waals surface area contributed by atoms with Crippen LogP contribution in [0.15, 0.2) is 48.5 Å². The van der Waals surface area contributed by atoms with Crippen LogP contribution >= 0.6 is 0 Å². The Morgan fingerprint density at radius 1 is 1.00 bits per heavy atom. The summed E-state index contributed by atoms with van der Waals surface area (Å²) in [5, 5.41) is 0. The minimum Gasteiger partial charge on any atom is -0.496 e. The summed E-state index contributed by atoms with van der Waals surface area (Å²) in [5.74, 6) is 0.0205. The van der Waals surface area contributed by atoms with E-state index in [0.29, 0.717) is 25.1 Å². The summed E-state index contributed by atoms with van der Waals surface area (Å²) in [6, 6.07) is 13.8. The predicted molar refractivity (Wildman–Crippen MR) is 94.1 cm³/mol. The van der Waals surface area contributed by atoms with E-state index in [1.54, 1.807) is 6.07 Å².